The van der Waals surface area contributed by atoms with Crippen LogP contribution in [0, 0.1) is 11.7 Å². The molecule has 114 valence electrons. The molecule has 2 heterocycles. The van der Waals surface area contributed by atoms with Crippen molar-refractivity contribution in [2.75, 3.05) is 33.2 Å². The summed E-state index contributed by atoms with van der Waals surface area (Å²) in [4.78, 5) is 16.3. The van der Waals surface area contributed by atoms with Crippen LogP contribution >= 0.6 is 0 Å². The molecule has 3 rings (SSSR count). The Kier molecular flexibility index (Phi) is 4.22. The number of nitrogens with zero attached hydrogens (tertiary/aromatic N) is 2. The van der Waals surface area contributed by atoms with Gasteiger partial charge in [0, 0.05) is 12.1 Å². The molecule has 1 atom stereocenters. The topological polar surface area (TPSA) is 35.6 Å². The van der Waals surface area contributed by atoms with Crippen LogP contribution in [0.15, 0.2) is 24.3 Å². The predicted molar refractivity (Wildman–Crippen MR) is 79.1 cm³/mol. The van der Waals surface area contributed by atoms with Gasteiger partial charge in [-0.05, 0) is 45.0 Å². The van der Waals surface area contributed by atoms with Crippen molar-refractivity contribution in [3.63, 3.8) is 0 Å². The molecule has 2 fully saturated rings. The van der Waals surface area contributed by atoms with Crippen LogP contribution in [0.4, 0.5) is 4.39 Å². The highest BCUT2D eigenvalue weighted by atomic mass is 19.1. The van der Waals surface area contributed by atoms with Gasteiger partial charge in [0.2, 0.25) is 5.91 Å². The first-order chi connectivity index (χ1) is 10.1. The molecule has 1 amide bonds. The van der Waals surface area contributed by atoms with Crippen LogP contribution < -0.4 is 5.32 Å². The number of rotatable bonds is 3. The number of hydrogen-bond acceptors (Lipinski definition) is 3. The van der Waals surface area contributed by atoms with Crippen LogP contribution in [-0.4, -0.2) is 48.9 Å². The number of benzene rings is 1. The molecular weight excluding hydrogens is 269 g/mol. The second-order valence-electron chi connectivity index (χ2n) is 6.10. The third-order valence-electron chi connectivity index (χ3n) is 4.57. The van der Waals surface area contributed by atoms with E-state index < -0.39 is 0 Å². The quantitative estimate of drug-likeness (QED) is 0.919. The van der Waals surface area contributed by atoms with Gasteiger partial charge in [-0.15, -0.1) is 0 Å². The molecule has 21 heavy (non-hydrogen) atoms. The lowest BCUT2D eigenvalue weighted by Crippen LogP contribution is -2.39. The lowest BCUT2D eigenvalue weighted by molar-refractivity contribution is -0.128. The van der Waals surface area contributed by atoms with E-state index in [0.717, 1.165) is 32.5 Å². The van der Waals surface area contributed by atoms with Crippen LogP contribution in [0.1, 0.15) is 24.6 Å². The Hall–Kier alpha value is -1.46. The second kappa shape index (κ2) is 6.12. The number of piperidine rings is 1. The maximum Gasteiger partial charge on any atom is 0.238 e. The van der Waals surface area contributed by atoms with Gasteiger partial charge in [0.15, 0.2) is 0 Å². The minimum absolute atomic E-state index is 0.0715. The minimum atomic E-state index is -0.321. The smallest absolute Gasteiger partial charge is 0.238 e. The van der Waals surface area contributed by atoms with Crippen LogP contribution in [0.3, 0.4) is 0 Å². The molecule has 2 saturated heterocycles. The first kappa shape index (κ1) is 14.5. The monoisotopic (exact) mass is 291 g/mol. The van der Waals surface area contributed by atoms with Crippen molar-refractivity contribution in [3.8, 4) is 0 Å². The number of carbonyl (C=O) groups is 1. The first-order valence-electron chi connectivity index (χ1n) is 7.61. The van der Waals surface area contributed by atoms with Gasteiger partial charge in [-0.1, -0.05) is 18.2 Å². The van der Waals surface area contributed by atoms with Crippen LogP contribution in [-0.2, 0) is 4.79 Å². The molecule has 0 saturated carbocycles. The maximum absolute atomic E-state index is 14.0. The number of carbonyl (C=O) groups excluding carboxylic acids is 1. The van der Waals surface area contributed by atoms with E-state index in [1.807, 2.05) is 11.0 Å². The molecule has 1 unspecified atom stereocenters. The summed E-state index contributed by atoms with van der Waals surface area (Å²) in [6.45, 7) is 3.17. The van der Waals surface area contributed by atoms with Gasteiger partial charge in [0.1, 0.15) is 12.0 Å². The summed E-state index contributed by atoms with van der Waals surface area (Å²) < 4.78 is 14.0. The summed E-state index contributed by atoms with van der Waals surface area (Å²) in [7, 11) is 2.13. The molecule has 2 aliphatic heterocycles. The fourth-order valence-electron chi connectivity index (χ4n) is 3.24. The summed E-state index contributed by atoms with van der Waals surface area (Å²) in [5.74, 6) is 0.333. The van der Waals surface area contributed by atoms with E-state index in [-0.39, 0.29) is 17.9 Å². The average molecular weight is 291 g/mol. The zero-order chi connectivity index (χ0) is 14.8. The molecule has 0 spiro atoms. The van der Waals surface area contributed by atoms with Gasteiger partial charge < -0.3 is 9.80 Å². The van der Waals surface area contributed by atoms with Crippen molar-refractivity contribution in [3.05, 3.63) is 35.6 Å². The molecule has 1 N–H and O–H groups in total. The minimum Gasteiger partial charge on any atom is -0.321 e. The van der Waals surface area contributed by atoms with Crippen molar-refractivity contribution in [1.29, 1.82) is 0 Å². The lowest BCUT2D eigenvalue weighted by Gasteiger charge is -2.33. The molecule has 0 aliphatic carbocycles. The van der Waals surface area contributed by atoms with Gasteiger partial charge in [-0.2, -0.15) is 0 Å². The molecular formula is C16H22FN3O. The van der Waals surface area contributed by atoms with Gasteiger partial charge in [0.05, 0.1) is 6.54 Å². The molecule has 5 heteroatoms. The SMILES string of the molecule is CN1CCC(CN2C(=O)CNC2c2ccccc2F)CC1. The summed E-state index contributed by atoms with van der Waals surface area (Å²) in [5, 5.41) is 3.14. The Labute approximate surface area is 124 Å². The van der Waals surface area contributed by atoms with Crippen molar-refractivity contribution < 1.29 is 9.18 Å². The van der Waals surface area contributed by atoms with E-state index >= 15 is 0 Å². The summed E-state index contributed by atoms with van der Waals surface area (Å²) in [6, 6.07) is 6.70. The van der Waals surface area contributed by atoms with E-state index in [1.165, 1.54) is 6.07 Å². The van der Waals surface area contributed by atoms with E-state index in [1.54, 1.807) is 12.1 Å². The fraction of sp³-hybridized carbons (Fsp3) is 0.562. The molecule has 1 aromatic carbocycles. The average Bonchev–Trinajstić information content (AvgIpc) is 2.83. The standard InChI is InChI=1S/C16H22FN3O/c1-19-8-6-12(7-9-19)11-20-15(21)10-18-16(20)13-4-2-3-5-14(13)17/h2-5,12,16,18H,6-11H2,1H3. The second-order valence-corrected chi connectivity index (χ2v) is 6.10. The molecule has 0 bridgehead atoms. The number of amides is 1. The lowest BCUT2D eigenvalue weighted by atomic mass is 9.96. The van der Waals surface area contributed by atoms with Gasteiger partial charge in [-0.3, -0.25) is 10.1 Å². The number of nitrogens with one attached hydrogen (secondary N) is 1. The maximum atomic E-state index is 14.0. The molecule has 4 nitrogen and oxygen atoms in total. The van der Waals surface area contributed by atoms with E-state index in [4.69, 9.17) is 0 Å². The van der Waals surface area contributed by atoms with Crippen LogP contribution in [0.25, 0.3) is 0 Å². The van der Waals surface area contributed by atoms with Crippen LogP contribution in [0.2, 0.25) is 0 Å². The number of halogens is 1. The Morgan fingerprint density at radius 3 is 2.71 bits per heavy atom. The Balaban J connectivity index is 1.73. The van der Waals surface area contributed by atoms with E-state index in [2.05, 4.69) is 17.3 Å². The zero-order valence-corrected chi connectivity index (χ0v) is 12.4. The third kappa shape index (κ3) is 3.09. The van der Waals surface area contributed by atoms with Crippen molar-refractivity contribution in [1.82, 2.24) is 15.1 Å². The highest BCUT2D eigenvalue weighted by Crippen LogP contribution is 2.27. The zero-order valence-electron chi connectivity index (χ0n) is 12.4. The van der Waals surface area contributed by atoms with Gasteiger partial charge in [0.25, 0.3) is 0 Å². The Bertz CT molecular complexity index is 514. The number of hydrogen-bond donors (Lipinski definition) is 1. The van der Waals surface area contributed by atoms with Gasteiger partial charge in [-0.25, -0.2) is 4.39 Å². The van der Waals surface area contributed by atoms with Crippen molar-refractivity contribution in [2.24, 2.45) is 5.92 Å². The van der Waals surface area contributed by atoms with Crippen LogP contribution in [0.5, 0.6) is 0 Å². The normalized spacial score (nSPS) is 24.8. The number of likely N-dealkylation sites (tertiary alicyclic amines) is 1. The highest BCUT2D eigenvalue weighted by molar-refractivity contribution is 5.81. The fourth-order valence-corrected chi connectivity index (χ4v) is 3.24. The molecule has 1 aromatic rings. The largest absolute Gasteiger partial charge is 0.321 e. The molecule has 2 aliphatic rings. The third-order valence-corrected chi connectivity index (χ3v) is 4.57. The van der Waals surface area contributed by atoms with Gasteiger partial charge >= 0.3 is 0 Å². The summed E-state index contributed by atoms with van der Waals surface area (Å²) in [6.07, 6.45) is 1.88. The van der Waals surface area contributed by atoms with E-state index in [9.17, 15) is 9.18 Å². The van der Waals surface area contributed by atoms with Crippen molar-refractivity contribution >= 4 is 5.91 Å². The summed E-state index contributed by atoms with van der Waals surface area (Å²) >= 11 is 0. The summed E-state index contributed by atoms with van der Waals surface area (Å²) in [5.41, 5.74) is 0.566. The Morgan fingerprint density at radius 1 is 1.29 bits per heavy atom. The van der Waals surface area contributed by atoms with Crippen molar-refractivity contribution in [2.45, 2.75) is 19.0 Å². The molecule has 0 aromatic heterocycles. The predicted octanol–water partition coefficient (Wildman–Crippen LogP) is 1.60. The van der Waals surface area contributed by atoms with E-state index in [0.29, 0.717) is 18.0 Å². The highest BCUT2D eigenvalue weighted by Gasteiger charge is 2.34. The molecule has 0 radical (unpaired) electrons. The Morgan fingerprint density at radius 2 is 2.00 bits per heavy atom. The first-order valence-corrected chi connectivity index (χ1v) is 7.61.